The van der Waals surface area contributed by atoms with Crippen LogP contribution in [-0.4, -0.2) is 11.1 Å². The summed E-state index contributed by atoms with van der Waals surface area (Å²) < 4.78 is 0. The van der Waals surface area contributed by atoms with Gasteiger partial charge in [0.1, 0.15) is 0 Å². The second-order valence-electron chi connectivity index (χ2n) is 4.91. The van der Waals surface area contributed by atoms with E-state index in [0.717, 1.165) is 18.4 Å². The van der Waals surface area contributed by atoms with Crippen molar-refractivity contribution < 1.29 is 9.90 Å². The number of aryl methyl sites for hydroxylation is 1. The van der Waals surface area contributed by atoms with Gasteiger partial charge in [0.2, 0.25) is 0 Å². The van der Waals surface area contributed by atoms with Crippen molar-refractivity contribution in [2.24, 2.45) is 0 Å². The van der Waals surface area contributed by atoms with Crippen molar-refractivity contribution >= 4 is 5.97 Å². The Morgan fingerprint density at radius 2 is 1.75 bits per heavy atom. The minimum Gasteiger partial charge on any atom is -0.481 e. The monoisotopic (exact) mass is 216 g/mol. The fourth-order valence-corrected chi connectivity index (χ4v) is 3.32. The van der Waals surface area contributed by atoms with Gasteiger partial charge in [-0.15, -0.1) is 0 Å². The lowest BCUT2D eigenvalue weighted by Gasteiger charge is -2.12. The van der Waals surface area contributed by atoms with Gasteiger partial charge in [-0.25, -0.2) is 0 Å². The van der Waals surface area contributed by atoms with Crippen molar-refractivity contribution in [1.82, 2.24) is 0 Å². The standard InChI is InChI=1S/C14H16O2/c15-14(16)8-10-7-9-3-1-4-11(9)13-6-2-5-12(10)13/h7H,1-6,8H2,(H,15,16). The largest absolute Gasteiger partial charge is 0.481 e. The lowest BCUT2D eigenvalue weighted by atomic mass is 9.93. The van der Waals surface area contributed by atoms with Crippen LogP contribution < -0.4 is 0 Å². The topological polar surface area (TPSA) is 37.3 Å². The number of benzene rings is 1. The summed E-state index contributed by atoms with van der Waals surface area (Å²) >= 11 is 0. The van der Waals surface area contributed by atoms with Crippen molar-refractivity contribution in [1.29, 1.82) is 0 Å². The van der Waals surface area contributed by atoms with E-state index in [1.54, 1.807) is 5.56 Å². The molecule has 0 radical (unpaired) electrons. The minimum absolute atomic E-state index is 0.204. The minimum atomic E-state index is -0.702. The van der Waals surface area contributed by atoms with Crippen LogP contribution in [0, 0.1) is 0 Å². The maximum Gasteiger partial charge on any atom is 0.307 e. The molecule has 0 unspecified atom stereocenters. The molecule has 3 rings (SSSR count). The van der Waals surface area contributed by atoms with E-state index in [1.807, 2.05) is 0 Å². The summed E-state index contributed by atoms with van der Waals surface area (Å²) in [7, 11) is 0. The van der Waals surface area contributed by atoms with Gasteiger partial charge in [0.05, 0.1) is 6.42 Å². The smallest absolute Gasteiger partial charge is 0.307 e. The van der Waals surface area contributed by atoms with E-state index in [4.69, 9.17) is 5.11 Å². The molecule has 84 valence electrons. The van der Waals surface area contributed by atoms with Crippen LogP contribution in [0.15, 0.2) is 6.07 Å². The van der Waals surface area contributed by atoms with Gasteiger partial charge in [0.15, 0.2) is 0 Å². The van der Waals surface area contributed by atoms with Gasteiger partial charge in [-0.1, -0.05) is 6.07 Å². The first-order chi connectivity index (χ1) is 7.75. The first-order valence-corrected chi connectivity index (χ1v) is 6.13. The number of fused-ring (bicyclic) bond motifs is 3. The lowest BCUT2D eigenvalue weighted by Crippen LogP contribution is -2.05. The van der Waals surface area contributed by atoms with Crippen LogP contribution in [0.5, 0.6) is 0 Å². The summed E-state index contributed by atoms with van der Waals surface area (Å²) in [5.74, 6) is -0.702. The first-order valence-electron chi connectivity index (χ1n) is 6.13. The molecule has 0 saturated carbocycles. The van der Waals surface area contributed by atoms with Gasteiger partial charge in [-0.2, -0.15) is 0 Å². The van der Waals surface area contributed by atoms with Crippen LogP contribution in [0.25, 0.3) is 0 Å². The zero-order valence-electron chi connectivity index (χ0n) is 9.38. The third-order valence-electron chi connectivity index (χ3n) is 3.92. The highest BCUT2D eigenvalue weighted by Crippen LogP contribution is 2.35. The summed E-state index contributed by atoms with van der Waals surface area (Å²) in [6.45, 7) is 0. The third-order valence-corrected chi connectivity index (χ3v) is 3.92. The Kier molecular flexibility index (Phi) is 2.23. The molecule has 0 aliphatic heterocycles. The van der Waals surface area contributed by atoms with E-state index in [2.05, 4.69) is 6.07 Å². The van der Waals surface area contributed by atoms with Crippen molar-refractivity contribution in [3.8, 4) is 0 Å². The normalized spacial score (nSPS) is 17.2. The molecule has 0 saturated heterocycles. The number of carboxylic acid groups (broad SMARTS) is 1. The van der Waals surface area contributed by atoms with E-state index in [9.17, 15) is 4.79 Å². The third kappa shape index (κ3) is 1.44. The molecule has 2 heteroatoms. The van der Waals surface area contributed by atoms with Gasteiger partial charge in [0, 0.05) is 0 Å². The van der Waals surface area contributed by atoms with E-state index in [1.165, 1.54) is 42.4 Å². The molecule has 2 aliphatic rings. The highest BCUT2D eigenvalue weighted by molar-refractivity contribution is 5.71. The molecule has 0 fully saturated rings. The molecule has 16 heavy (non-hydrogen) atoms. The Bertz CT molecular complexity index is 460. The summed E-state index contributed by atoms with van der Waals surface area (Å²) in [6, 6.07) is 2.17. The van der Waals surface area contributed by atoms with Crippen molar-refractivity contribution in [3.05, 3.63) is 33.9 Å². The quantitative estimate of drug-likeness (QED) is 0.823. The molecule has 2 nitrogen and oxygen atoms in total. The number of rotatable bonds is 2. The van der Waals surface area contributed by atoms with Crippen LogP contribution in [0.4, 0.5) is 0 Å². The molecule has 1 N–H and O–H groups in total. The van der Waals surface area contributed by atoms with Crippen LogP contribution >= 0.6 is 0 Å². The van der Waals surface area contributed by atoms with Gasteiger partial charge < -0.3 is 5.11 Å². The molecule has 0 heterocycles. The number of hydrogen-bond donors (Lipinski definition) is 1. The lowest BCUT2D eigenvalue weighted by molar-refractivity contribution is -0.136. The molecule has 0 aromatic heterocycles. The van der Waals surface area contributed by atoms with Gasteiger partial charge in [0.25, 0.3) is 0 Å². The fraction of sp³-hybridized carbons (Fsp3) is 0.500. The summed E-state index contributed by atoms with van der Waals surface area (Å²) in [5.41, 5.74) is 6.94. The zero-order valence-corrected chi connectivity index (χ0v) is 9.38. The molecule has 2 aliphatic carbocycles. The first kappa shape index (κ1) is 9.88. The van der Waals surface area contributed by atoms with Gasteiger partial charge in [-0.3, -0.25) is 4.79 Å². The van der Waals surface area contributed by atoms with Gasteiger partial charge in [-0.05, 0) is 66.3 Å². The van der Waals surface area contributed by atoms with Crippen LogP contribution in [-0.2, 0) is 36.9 Å². The summed E-state index contributed by atoms with van der Waals surface area (Å²) in [6.07, 6.45) is 7.28. The Morgan fingerprint density at radius 3 is 2.56 bits per heavy atom. The maximum absolute atomic E-state index is 10.9. The highest BCUT2D eigenvalue weighted by atomic mass is 16.4. The summed E-state index contributed by atoms with van der Waals surface area (Å²) in [5, 5.41) is 8.95. The molecule has 0 amide bonds. The van der Waals surface area contributed by atoms with Crippen molar-refractivity contribution in [2.45, 2.75) is 44.9 Å². The average molecular weight is 216 g/mol. The van der Waals surface area contributed by atoms with E-state index < -0.39 is 5.97 Å². The number of aliphatic carboxylic acids is 1. The number of hydrogen-bond acceptors (Lipinski definition) is 1. The molecule has 0 atom stereocenters. The molecule has 1 aromatic carbocycles. The predicted octanol–water partition coefficient (Wildman–Crippen LogP) is 2.29. The van der Waals surface area contributed by atoms with Crippen LogP contribution in [0.3, 0.4) is 0 Å². The number of carbonyl (C=O) groups is 1. The highest BCUT2D eigenvalue weighted by Gasteiger charge is 2.24. The zero-order chi connectivity index (χ0) is 11.1. The Balaban J connectivity index is 2.12. The molecule has 0 spiro atoms. The summed E-state index contributed by atoms with van der Waals surface area (Å²) in [4.78, 5) is 10.9. The van der Waals surface area contributed by atoms with Crippen molar-refractivity contribution in [2.75, 3.05) is 0 Å². The van der Waals surface area contributed by atoms with E-state index in [0.29, 0.717) is 0 Å². The average Bonchev–Trinajstić information content (AvgIpc) is 2.82. The fourth-order valence-electron chi connectivity index (χ4n) is 3.32. The SMILES string of the molecule is O=C(O)Cc1cc2c(c3c1CCC3)CCC2. The maximum atomic E-state index is 10.9. The second-order valence-corrected chi connectivity index (χ2v) is 4.91. The van der Waals surface area contributed by atoms with Crippen molar-refractivity contribution in [3.63, 3.8) is 0 Å². The Labute approximate surface area is 95.3 Å². The predicted molar refractivity (Wildman–Crippen MR) is 61.8 cm³/mol. The Morgan fingerprint density at radius 1 is 1.06 bits per heavy atom. The van der Waals surface area contributed by atoms with Crippen LogP contribution in [0.2, 0.25) is 0 Å². The second kappa shape index (κ2) is 3.62. The molecule has 0 bridgehead atoms. The molecular weight excluding hydrogens is 200 g/mol. The van der Waals surface area contributed by atoms with Crippen LogP contribution in [0.1, 0.15) is 40.7 Å². The molecule has 1 aromatic rings. The van der Waals surface area contributed by atoms with E-state index >= 15 is 0 Å². The molecular formula is C14H16O2. The Hall–Kier alpha value is -1.31. The van der Waals surface area contributed by atoms with E-state index in [-0.39, 0.29) is 6.42 Å². The van der Waals surface area contributed by atoms with Gasteiger partial charge >= 0.3 is 5.97 Å². The number of carboxylic acids is 1.